The zero-order valence-corrected chi connectivity index (χ0v) is 41.9. The zero-order valence-electron chi connectivity index (χ0n) is 41.0. The number of allylic oxidation sites excluding steroid dienone is 12. The Hall–Kier alpha value is -2.22. The van der Waals surface area contributed by atoms with Crippen LogP contribution in [0.25, 0.3) is 0 Å². The van der Waals surface area contributed by atoms with E-state index >= 15 is 0 Å². The largest absolute Gasteiger partial charge is 0.472 e. The van der Waals surface area contributed by atoms with Gasteiger partial charge in [-0.05, 0) is 83.5 Å². The van der Waals surface area contributed by atoms with Gasteiger partial charge >= 0.3 is 13.8 Å². The molecule has 382 valence electrons. The molecule has 1 aliphatic carbocycles. The van der Waals surface area contributed by atoms with E-state index in [0.29, 0.717) is 13.0 Å². The van der Waals surface area contributed by atoms with Crippen LogP contribution in [0, 0.1) is 0 Å². The minimum Gasteiger partial charge on any atom is -0.457 e. The lowest BCUT2D eigenvalue weighted by atomic mass is 9.85. The van der Waals surface area contributed by atoms with Gasteiger partial charge in [-0.25, -0.2) is 4.57 Å². The van der Waals surface area contributed by atoms with E-state index in [9.17, 15) is 39.8 Å². The summed E-state index contributed by atoms with van der Waals surface area (Å²) < 4.78 is 34.3. The fourth-order valence-electron chi connectivity index (χ4n) is 7.49. The molecular formula is C53H93O12P. The maximum absolute atomic E-state index is 12.9. The van der Waals surface area contributed by atoms with Gasteiger partial charge in [0.25, 0.3) is 0 Å². The van der Waals surface area contributed by atoms with E-state index in [1.807, 2.05) is 0 Å². The van der Waals surface area contributed by atoms with Gasteiger partial charge in [0.2, 0.25) is 0 Å². The van der Waals surface area contributed by atoms with Crippen molar-refractivity contribution in [3.63, 3.8) is 0 Å². The third kappa shape index (κ3) is 34.1. The topological polar surface area (TPSA) is 192 Å². The van der Waals surface area contributed by atoms with Crippen LogP contribution in [0.5, 0.6) is 0 Å². The van der Waals surface area contributed by atoms with Crippen molar-refractivity contribution in [3.05, 3.63) is 72.9 Å². The quantitative estimate of drug-likeness (QED) is 0.0147. The van der Waals surface area contributed by atoms with E-state index in [0.717, 1.165) is 96.3 Å². The second-order valence-electron chi connectivity index (χ2n) is 17.6. The maximum Gasteiger partial charge on any atom is 0.472 e. The molecular weight excluding hydrogens is 860 g/mol. The van der Waals surface area contributed by atoms with Gasteiger partial charge in [-0.15, -0.1) is 0 Å². The first-order valence-corrected chi connectivity index (χ1v) is 27.3. The molecule has 0 amide bonds. The molecule has 1 aliphatic rings. The van der Waals surface area contributed by atoms with Crippen molar-refractivity contribution in [1.29, 1.82) is 0 Å². The minimum atomic E-state index is -5.03. The molecule has 0 saturated heterocycles. The van der Waals surface area contributed by atoms with E-state index in [1.54, 1.807) is 0 Å². The standard InChI is InChI=1S/C53H93O12P/c1-3-5-7-9-11-13-15-17-19-21-23-24-25-26-28-30-32-34-36-38-40-42-47(54)64-46(45-63-66(60,61)65-53-51(58)49(56)48(55)50(57)52(53)59)44-62-43-41-39-37-35-33-31-29-27-22-20-18-16-14-12-10-8-6-4-2/h5,7,11-14,17-20,23-24,46,48-53,55-59H,3-4,6,8-10,15-16,21-22,25-45H2,1-2H3,(H,60,61)/b7-5-,13-11-,14-12-,19-17-,20-18-,24-23-. The molecule has 0 aromatic rings. The number of unbranched alkanes of at least 4 members (excludes halogenated alkanes) is 19. The van der Waals surface area contributed by atoms with E-state index in [-0.39, 0.29) is 13.0 Å². The molecule has 0 aromatic heterocycles. The molecule has 12 nitrogen and oxygen atoms in total. The summed E-state index contributed by atoms with van der Waals surface area (Å²) in [6.07, 6.45) is 43.8. The van der Waals surface area contributed by atoms with Crippen LogP contribution < -0.4 is 0 Å². The van der Waals surface area contributed by atoms with E-state index in [2.05, 4.69) is 86.8 Å². The number of hydrogen-bond acceptors (Lipinski definition) is 11. The van der Waals surface area contributed by atoms with Gasteiger partial charge in [0, 0.05) is 13.0 Å². The van der Waals surface area contributed by atoms with Crippen LogP contribution in [0.2, 0.25) is 0 Å². The Morgan fingerprint density at radius 3 is 1.36 bits per heavy atom. The summed E-state index contributed by atoms with van der Waals surface area (Å²) >= 11 is 0. The first kappa shape index (κ1) is 61.8. The Balaban J connectivity index is 2.36. The van der Waals surface area contributed by atoms with Gasteiger partial charge in [0.05, 0.1) is 13.2 Å². The molecule has 1 rings (SSSR count). The van der Waals surface area contributed by atoms with Crippen molar-refractivity contribution < 1.29 is 58.3 Å². The maximum atomic E-state index is 12.9. The normalized spacial score (nSPS) is 22.0. The number of rotatable bonds is 43. The van der Waals surface area contributed by atoms with E-state index in [4.69, 9.17) is 18.5 Å². The molecule has 66 heavy (non-hydrogen) atoms. The fourth-order valence-corrected chi connectivity index (χ4v) is 8.47. The third-order valence-corrected chi connectivity index (χ3v) is 12.5. The highest BCUT2D eigenvalue weighted by atomic mass is 31.2. The molecule has 6 N–H and O–H groups in total. The Morgan fingerprint density at radius 2 is 0.894 bits per heavy atom. The number of aliphatic hydroxyl groups excluding tert-OH is 5. The lowest BCUT2D eigenvalue weighted by Crippen LogP contribution is -2.64. The van der Waals surface area contributed by atoms with Crippen molar-refractivity contribution in [2.75, 3.05) is 19.8 Å². The number of hydrogen-bond donors (Lipinski definition) is 6. The van der Waals surface area contributed by atoms with Gasteiger partial charge in [0.15, 0.2) is 0 Å². The SMILES string of the molecule is CC/C=C\C/C=C\C/C=C\C/C=C\CCCCCCCCCCC(=O)OC(COCCCCCCCCCC/C=C\C/C=C\CCCCC)COP(=O)(O)OC1C(O)C(O)C(O)C(O)C1O. The molecule has 0 spiro atoms. The Kier molecular flexibility index (Phi) is 40.1. The number of esters is 1. The summed E-state index contributed by atoms with van der Waals surface area (Å²) in [7, 11) is -5.03. The predicted molar refractivity (Wildman–Crippen MR) is 267 cm³/mol. The Labute approximate surface area is 400 Å². The Bertz CT molecular complexity index is 1360. The van der Waals surface area contributed by atoms with Gasteiger partial charge in [0.1, 0.15) is 42.7 Å². The highest BCUT2D eigenvalue weighted by Gasteiger charge is 2.51. The number of phosphoric ester groups is 1. The number of phosphoric acid groups is 1. The van der Waals surface area contributed by atoms with Crippen LogP contribution in [0.4, 0.5) is 0 Å². The van der Waals surface area contributed by atoms with Crippen molar-refractivity contribution in [2.24, 2.45) is 0 Å². The summed E-state index contributed by atoms with van der Waals surface area (Å²) in [5.41, 5.74) is 0. The molecule has 0 aromatic carbocycles. The molecule has 0 radical (unpaired) electrons. The predicted octanol–water partition coefficient (Wildman–Crippen LogP) is 11.5. The van der Waals surface area contributed by atoms with Crippen molar-refractivity contribution in [1.82, 2.24) is 0 Å². The highest BCUT2D eigenvalue weighted by Crippen LogP contribution is 2.47. The molecule has 1 fully saturated rings. The van der Waals surface area contributed by atoms with Gasteiger partial charge in [-0.3, -0.25) is 13.8 Å². The lowest BCUT2D eigenvalue weighted by molar-refractivity contribution is -0.220. The van der Waals surface area contributed by atoms with Crippen LogP contribution >= 0.6 is 7.82 Å². The summed E-state index contributed by atoms with van der Waals surface area (Å²) in [5.74, 6) is -0.489. The average molecular weight is 953 g/mol. The summed E-state index contributed by atoms with van der Waals surface area (Å²) in [5, 5.41) is 50.3. The molecule has 0 aliphatic heterocycles. The molecule has 13 heteroatoms. The summed E-state index contributed by atoms with van der Waals surface area (Å²) in [6, 6.07) is 0. The Morgan fingerprint density at radius 1 is 0.500 bits per heavy atom. The fraction of sp³-hybridized carbons (Fsp3) is 0.755. The first-order valence-electron chi connectivity index (χ1n) is 25.8. The van der Waals surface area contributed by atoms with Gasteiger partial charge < -0.3 is 39.9 Å². The highest BCUT2D eigenvalue weighted by molar-refractivity contribution is 7.47. The number of ether oxygens (including phenoxy) is 2. The van der Waals surface area contributed by atoms with Crippen LogP contribution in [0.15, 0.2) is 72.9 Å². The number of aliphatic hydroxyl groups is 5. The monoisotopic (exact) mass is 953 g/mol. The summed E-state index contributed by atoms with van der Waals surface area (Å²) in [4.78, 5) is 23.3. The molecule has 0 bridgehead atoms. The number of carbonyl (C=O) groups excluding carboxylic acids is 1. The average Bonchev–Trinajstić information content (AvgIpc) is 3.30. The molecule has 6 unspecified atom stereocenters. The van der Waals surface area contributed by atoms with Crippen LogP contribution in [-0.4, -0.2) is 98.9 Å². The smallest absolute Gasteiger partial charge is 0.457 e. The first-order chi connectivity index (χ1) is 32.0. The molecule has 0 heterocycles. The van der Waals surface area contributed by atoms with Crippen LogP contribution in [-0.2, 0) is 27.9 Å². The van der Waals surface area contributed by atoms with E-state index in [1.165, 1.54) is 70.6 Å². The molecule has 1 saturated carbocycles. The minimum absolute atomic E-state index is 0.0873. The van der Waals surface area contributed by atoms with Crippen molar-refractivity contribution >= 4 is 13.8 Å². The summed E-state index contributed by atoms with van der Waals surface area (Å²) in [6.45, 7) is 4.11. The lowest BCUT2D eigenvalue weighted by Gasteiger charge is -2.41. The van der Waals surface area contributed by atoms with Crippen molar-refractivity contribution in [2.45, 2.75) is 236 Å². The molecule has 6 atom stereocenters. The van der Waals surface area contributed by atoms with Crippen molar-refractivity contribution in [3.8, 4) is 0 Å². The van der Waals surface area contributed by atoms with Gasteiger partial charge in [-0.2, -0.15) is 0 Å². The zero-order chi connectivity index (χ0) is 48.4. The van der Waals surface area contributed by atoms with E-state index < -0.39 is 63.1 Å². The van der Waals surface area contributed by atoms with Crippen LogP contribution in [0.1, 0.15) is 194 Å². The second kappa shape index (κ2) is 42.8. The van der Waals surface area contributed by atoms with Gasteiger partial charge in [-0.1, -0.05) is 177 Å². The second-order valence-corrected chi connectivity index (χ2v) is 19.0. The number of carbonyl (C=O) groups is 1. The van der Waals surface area contributed by atoms with Crippen LogP contribution in [0.3, 0.4) is 0 Å². The third-order valence-electron chi connectivity index (χ3n) is 11.6.